The third-order valence-corrected chi connectivity index (χ3v) is 10.3. The Kier molecular flexibility index (Phi) is 9.67. The molecule has 0 radical (unpaired) electrons. The molecular weight excluding hydrogens is 560 g/mol. The van der Waals surface area contributed by atoms with E-state index >= 15 is 0 Å². The third-order valence-electron chi connectivity index (χ3n) is 8.12. The van der Waals surface area contributed by atoms with Gasteiger partial charge in [-0.1, -0.05) is 24.3 Å². The van der Waals surface area contributed by atoms with Gasteiger partial charge in [0.2, 0.25) is 5.95 Å². The Morgan fingerprint density at radius 2 is 1.70 bits per heavy atom. The highest BCUT2D eigenvalue weighted by atomic mass is 32.2. The van der Waals surface area contributed by atoms with E-state index in [-0.39, 0.29) is 4.90 Å². The highest BCUT2D eigenvalue weighted by Gasteiger charge is 2.24. The van der Waals surface area contributed by atoms with E-state index in [1.807, 2.05) is 43.4 Å². The number of rotatable bonds is 12. The lowest BCUT2D eigenvalue weighted by Gasteiger charge is -2.34. The molecule has 1 fully saturated rings. The van der Waals surface area contributed by atoms with Gasteiger partial charge in [-0.2, -0.15) is 4.98 Å². The number of hydrogen-bond donors (Lipinski definition) is 3. The number of nitrogens with zero attached hydrogens (tertiary/aromatic N) is 3. The van der Waals surface area contributed by atoms with Crippen LogP contribution in [0.4, 0.5) is 28.8 Å². The van der Waals surface area contributed by atoms with Gasteiger partial charge in [-0.05, 0) is 95.4 Å². The average Bonchev–Trinajstić information content (AvgIpc) is 3.02. The molecule has 1 aliphatic rings. The van der Waals surface area contributed by atoms with Crippen LogP contribution in [0.3, 0.4) is 0 Å². The lowest BCUT2D eigenvalue weighted by atomic mass is 9.92. The Bertz CT molecular complexity index is 1650. The Balaban J connectivity index is 1.39. The number of piperidine rings is 1. The normalized spacial score (nSPS) is 14.3. The minimum Gasteiger partial charge on any atom is -0.494 e. The van der Waals surface area contributed by atoms with Crippen molar-refractivity contribution >= 4 is 49.6 Å². The quantitative estimate of drug-likeness (QED) is 0.156. The molecule has 10 heteroatoms. The molecule has 2 heterocycles. The van der Waals surface area contributed by atoms with Crippen molar-refractivity contribution < 1.29 is 13.2 Å². The molecule has 228 valence electrons. The summed E-state index contributed by atoms with van der Waals surface area (Å²) in [7, 11) is 0.163. The van der Waals surface area contributed by atoms with E-state index in [0.717, 1.165) is 47.8 Å². The molecule has 0 atom stereocenters. The maximum Gasteiger partial charge on any atom is 0.229 e. The molecule has 4 aromatic rings. The van der Waals surface area contributed by atoms with Gasteiger partial charge in [-0.3, -0.25) is 0 Å². The number of sulfone groups is 1. The molecule has 1 aliphatic heterocycles. The fourth-order valence-corrected chi connectivity index (χ4v) is 6.78. The molecule has 1 saturated heterocycles. The summed E-state index contributed by atoms with van der Waals surface area (Å²) >= 11 is 0. The van der Waals surface area contributed by atoms with Crippen LogP contribution >= 0.6 is 0 Å². The SMILES string of the molecule is CNCCCC1CCN(c2ccc(Nc3nc(Nc4ccccc4S(=O)(=O)C(C)C)c4ccccc4n3)c(OC)c2)CC1. The second kappa shape index (κ2) is 13.6. The van der Waals surface area contributed by atoms with Crippen molar-refractivity contribution in [3.8, 4) is 5.75 Å². The standard InChI is InChI=1S/C33H42N6O3S/c1-23(2)43(40,41)31-14-8-7-13-29(31)35-32-26-11-5-6-12-27(26)36-33(38-32)37-28-16-15-25(22-30(28)42-4)39-20-17-24(18-21-39)10-9-19-34-3/h5-8,11-16,22-24,34H,9-10,17-21H2,1-4H3,(H2,35,36,37,38). The Hall–Kier alpha value is -3.89. The zero-order valence-corrected chi connectivity index (χ0v) is 26.2. The number of anilines is 5. The predicted molar refractivity (Wildman–Crippen MR) is 176 cm³/mol. The first kappa shape index (κ1) is 30.6. The molecule has 5 rings (SSSR count). The Labute approximate surface area is 255 Å². The second-order valence-electron chi connectivity index (χ2n) is 11.3. The van der Waals surface area contributed by atoms with Crippen molar-refractivity contribution in [3.63, 3.8) is 0 Å². The monoisotopic (exact) mass is 602 g/mol. The van der Waals surface area contributed by atoms with Crippen molar-refractivity contribution in [2.24, 2.45) is 5.92 Å². The van der Waals surface area contributed by atoms with Crippen molar-refractivity contribution in [2.75, 3.05) is 49.3 Å². The van der Waals surface area contributed by atoms with Gasteiger partial charge in [0.15, 0.2) is 9.84 Å². The van der Waals surface area contributed by atoms with Crippen LogP contribution in [0, 0.1) is 5.92 Å². The second-order valence-corrected chi connectivity index (χ2v) is 13.8. The molecule has 9 nitrogen and oxygen atoms in total. The van der Waals surface area contributed by atoms with E-state index < -0.39 is 15.1 Å². The first-order valence-electron chi connectivity index (χ1n) is 15.0. The third kappa shape index (κ3) is 7.02. The lowest BCUT2D eigenvalue weighted by Crippen LogP contribution is -2.33. The van der Waals surface area contributed by atoms with Gasteiger partial charge < -0.3 is 25.6 Å². The van der Waals surface area contributed by atoms with Gasteiger partial charge in [0.25, 0.3) is 0 Å². The van der Waals surface area contributed by atoms with E-state index in [0.29, 0.717) is 23.2 Å². The fourth-order valence-electron chi connectivity index (χ4n) is 5.57. The first-order chi connectivity index (χ1) is 20.8. The molecule has 3 aromatic carbocycles. The van der Waals surface area contributed by atoms with Gasteiger partial charge >= 0.3 is 0 Å². The van der Waals surface area contributed by atoms with Gasteiger partial charge in [0.05, 0.1) is 34.1 Å². The fraction of sp³-hybridized carbons (Fsp3) is 0.394. The van der Waals surface area contributed by atoms with Crippen molar-refractivity contribution in [2.45, 2.75) is 49.7 Å². The Morgan fingerprint density at radius 3 is 2.44 bits per heavy atom. The number of methoxy groups -OCH3 is 1. The summed E-state index contributed by atoms with van der Waals surface area (Å²) in [6.45, 7) is 6.52. The van der Waals surface area contributed by atoms with Crippen LogP contribution in [0.1, 0.15) is 39.5 Å². The molecule has 0 saturated carbocycles. The minimum absolute atomic E-state index is 0.237. The van der Waals surface area contributed by atoms with Crippen LogP contribution in [0.25, 0.3) is 10.9 Å². The van der Waals surface area contributed by atoms with Gasteiger partial charge in [-0.15, -0.1) is 0 Å². The maximum atomic E-state index is 13.1. The van der Waals surface area contributed by atoms with E-state index in [1.54, 1.807) is 39.2 Å². The van der Waals surface area contributed by atoms with Crippen molar-refractivity contribution in [1.82, 2.24) is 15.3 Å². The van der Waals surface area contributed by atoms with Gasteiger partial charge in [0, 0.05) is 30.2 Å². The number of para-hydroxylation sites is 2. The highest BCUT2D eigenvalue weighted by Crippen LogP contribution is 2.35. The summed E-state index contributed by atoms with van der Waals surface area (Å²) < 4.78 is 32.0. The molecule has 3 N–H and O–H groups in total. The van der Waals surface area contributed by atoms with Crippen molar-refractivity contribution in [3.05, 3.63) is 66.7 Å². The average molecular weight is 603 g/mol. The zero-order chi connectivity index (χ0) is 30.4. The smallest absolute Gasteiger partial charge is 0.229 e. The van der Waals surface area contributed by atoms with Gasteiger partial charge in [0.1, 0.15) is 11.6 Å². The molecular formula is C33H42N6O3S. The largest absolute Gasteiger partial charge is 0.494 e. The summed E-state index contributed by atoms with van der Waals surface area (Å²) in [6.07, 6.45) is 4.91. The van der Waals surface area contributed by atoms with Crippen LogP contribution in [-0.4, -0.2) is 57.4 Å². The number of ether oxygens (including phenoxy) is 1. The molecule has 0 amide bonds. The molecule has 1 aromatic heterocycles. The Morgan fingerprint density at radius 1 is 0.953 bits per heavy atom. The maximum absolute atomic E-state index is 13.1. The van der Waals surface area contributed by atoms with E-state index in [1.165, 1.54) is 25.7 Å². The van der Waals surface area contributed by atoms with Crippen molar-refractivity contribution in [1.29, 1.82) is 0 Å². The van der Waals surface area contributed by atoms with Crippen LogP contribution in [0.5, 0.6) is 5.75 Å². The number of aromatic nitrogens is 2. The predicted octanol–water partition coefficient (Wildman–Crippen LogP) is 6.52. The lowest BCUT2D eigenvalue weighted by molar-refractivity contribution is 0.371. The zero-order valence-electron chi connectivity index (χ0n) is 25.4. The van der Waals surface area contributed by atoms with E-state index in [9.17, 15) is 8.42 Å². The van der Waals surface area contributed by atoms with Crippen LogP contribution < -0.4 is 25.6 Å². The summed E-state index contributed by atoms with van der Waals surface area (Å²) in [4.78, 5) is 12.2. The summed E-state index contributed by atoms with van der Waals surface area (Å²) in [6, 6.07) is 20.8. The van der Waals surface area contributed by atoms with E-state index in [2.05, 4.69) is 33.0 Å². The first-order valence-corrected chi connectivity index (χ1v) is 16.6. The summed E-state index contributed by atoms with van der Waals surface area (Å²) in [5, 5.41) is 10.1. The number of fused-ring (bicyclic) bond motifs is 1. The topological polar surface area (TPSA) is 108 Å². The van der Waals surface area contributed by atoms with Crippen LogP contribution in [0.15, 0.2) is 71.6 Å². The molecule has 0 unspecified atom stereocenters. The van der Waals surface area contributed by atoms with Crippen LogP contribution in [-0.2, 0) is 9.84 Å². The highest BCUT2D eigenvalue weighted by molar-refractivity contribution is 7.92. The van der Waals surface area contributed by atoms with Gasteiger partial charge in [-0.25, -0.2) is 13.4 Å². The number of hydrogen-bond acceptors (Lipinski definition) is 9. The summed E-state index contributed by atoms with van der Waals surface area (Å²) in [5.41, 5.74) is 3.08. The minimum atomic E-state index is -3.52. The molecule has 43 heavy (non-hydrogen) atoms. The molecule has 0 aliphatic carbocycles. The number of nitrogens with one attached hydrogen (secondary N) is 3. The number of benzene rings is 3. The van der Waals surface area contributed by atoms with E-state index in [4.69, 9.17) is 14.7 Å². The molecule has 0 bridgehead atoms. The van der Waals surface area contributed by atoms with Crippen LogP contribution in [0.2, 0.25) is 0 Å². The molecule has 0 spiro atoms. The summed E-state index contributed by atoms with van der Waals surface area (Å²) in [5.74, 6) is 2.37.